The monoisotopic (exact) mass is 253 g/mol. The minimum atomic E-state index is 0.221. The van der Waals surface area contributed by atoms with E-state index < -0.39 is 0 Å². The van der Waals surface area contributed by atoms with Gasteiger partial charge in [-0.25, -0.2) is 0 Å². The normalized spacial score (nSPS) is 18.3. The van der Waals surface area contributed by atoms with E-state index in [2.05, 4.69) is 47.8 Å². The van der Waals surface area contributed by atoms with Crippen molar-refractivity contribution < 1.29 is 0 Å². The molecule has 0 spiro atoms. The van der Waals surface area contributed by atoms with Crippen molar-refractivity contribution in [3.63, 3.8) is 0 Å². The van der Waals surface area contributed by atoms with Crippen LogP contribution in [0.2, 0.25) is 0 Å². The van der Waals surface area contributed by atoms with Gasteiger partial charge >= 0.3 is 0 Å². The molecular weight excluding hydrogens is 230 g/mol. The van der Waals surface area contributed by atoms with E-state index in [0.717, 1.165) is 32.7 Å². The first-order valence-electron chi connectivity index (χ1n) is 6.33. The minimum absolute atomic E-state index is 0.221. The number of hydrogen-bond acceptors (Lipinski definition) is 4. The van der Waals surface area contributed by atoms with Crippen LogP contribution in [0.25, 0.3) is 0 Å². The Morgan fingerprint density at radius 3 is 2.71 bits per heavy atom. The van der Waals surface area contributed by atoms with Crippen LogP contribution in [0, 0.1) is 6.92 Å². The van der Waals surface area contributed by atoms with Gasteiger partial charge in [-0.1, -0.05) is 0 Å². The first-order chi connectivity index (χ1) is 8.09. The molecule has 0 radical (unpaired) electrons. The molecule has 0 saturated carbocycles. The lowest BCUT2D eigenvalue weighted by Gasteiger charge is -2.41. The average Bonchev–Trinajstić information content (AvgIpc) is 2.74. The lowest BCUT2D eigenvalue weighted by Crippen LogP contribution is -2.56. The maximum Gasteiger partial charge on any atom is 0.0912 e. The van der Waals surface area contributed by atoms with E-state index in [1.165, 1.54) is 10.6 Å². The summed E-state index contributed by atoms with van der Waals surface area (Å²) in [4.78, 5) is 2.57. The minimum Gasteiger partial charge on any atom is -0.375 e. The summed E-state index contributed by atoms with van der Waals surface area (Å²) in [7, 11) is 0. The van der Waals surface area contributed by atoms with Gasteiger partial charge in [-0.3, -0.25) is 4.90 Å². The molecule has 96 valence electrons. The number of rotatable bonds is 4. The van der Waals surface area contributed by atoms with E-state index in [9.17, 15) is 0 Å². The second kappa shape index (κ2) is 5.38. The third kappa shape index (κ3) is 3.21. The Balaban J connectivity index is 1.90. The van der Waals surface area contributed by atoms with Crippen molar-refractivity contribution in [2.45, 2.75) is 26.3 Å². The summed E-state index contributed by atoms with van der Waals surface area (Å²) in [5.41, 5.74) is 1.57. The number of nitrogens with one attached hydrogen (secondary N) is 2. The Morgan fingerprint density at radius 1 is 1.41 bits per heavy atom. The molecule has 1 aromatic rings. The van der Waals surface area contributed by atoms with Crippen molar-refractivity contribution in [1.82, 2.24) is 10.2 Å². The number of anilines is 1. The van der Waals surface area contributed by atoms with Crippen LogP contribution in [0.3, 0.4) is 0 Å². The zero-order chi connectivity index (χ0) is 12.3. The van der Waals surface area contributed by atoms with Crippen LogP contribution in [-0.4, -0.2) is 43.2 Å². The predicted octanol–water partition coefficient (Wildman–Crippen LogP) is 2.15. The second-order valence-corrected chi connectivity index (χ2v) is 6.25. The van der Waals surface area contributed by atoms with Gasteiger partial charge in [0.1, 0.15) is 0 Å². The molecule has 1 aliphatic heterocycles. The number of nitrogens with zero attached hydrogens (tertiary/aromatic N) is 1. The van der Waals surface area contributed by atoms with Gasteiger partial charge in [0.05, 0.1) is 5.00 Å². The maximum absolute atomic E-state index is 3.59. The number of thiophene rings is 1. The van der Waals surface area contributed by atoms with Crippen molar-refractivity contribution in [3.05, 3.63) is 17.0 Å². The van der Waals surface area contributed by atoms with Gasteiger partial charge in [0.15, 0.2) is 0 Å². The molecule has 0 amide bonds. The fourth-order valence-electron chi connectivity index (χ4n) is 2.23. The van der Waals surface area contributed by atoms with Gasteiger partial charge in [-0.05, 0) is 37.8 Å². The van der Waals surface area contributed by atoms with Gasteiger partial charge in [0, 0.05) is 38.3 Å². The zero-order valence-electron chi connectivity index (χ0n) is 11.0. The molecule has 0 aliphatic carbocycles. The summed E-state index contributed by atoms with van der Waals surface area (Å²) >= 11 is 1.79. The van der Waals surface area contributed by atoms with Crippen molar-refractivity contribution in [1.29, 1.82) is 0 Å². The molecule has 0 atom stereocenters. The summed E-state index contributed by atoms with van der Waals surface area (Å²) in [6, 6.07) is 2.17. The van der Waals surface area contributed by atoms with E-state index in [1.807, 2.05) is 0 Å². The van der Waals surface area contributed by atoms with Crippen LogP contribution in [0.1, 0.15) is 19.4 Å². The fourth-order valence-corrected chi connectivity index (χ4v) is 3.05. The molecule has 2 heterocycles. The standard InChI is InChI=1S/C13H23N3S/c1-11-4-9-17-12(11)15-10-13(2,3)16-7-5-14-6-8-16/h4,9,14-15H,5-8,10H2,1-3H3. The molecule has 1 aromatic heterocycles. The molecule has 3 nitrogen and oxygen atoms in total. The SMILES string of the molecule is Cc1ccsc1NCC(C)(C)N1CCNCC1. The van der Waals surface area contributed by atoms with E-state index in [-0.39, 0.29) is 5.54 Å². The van der Waals surface area contributed by atoms with Gasteiger partial charge in [0.2, 0.25) is 0 Å². The van der Waals surface area contributed by atoms with E-state index >= 15 is 0 Å². The smallest absolute Gasteiger partial charge is 0.0912 e. The molecular formula is C13H23N3S. The average molecular weight is 253 g/mol. The highest BCUT2D eigenvalue weighted by molar-refractivity contribution is 7.14. The van der Waals surface area contributed by atoms with Gasteiger partial charge < -0.3 is 10.6 Å². The van der Waals surface area contributed by atoms with Crippen LogP contribution in [0.4, 0.5) is 5.00 Å². The lowest BCUT2D eigenvalue weighted by molar-refractivity contribution is 0.114. The highest BCUT2D eigenvalue weighted by Crippen LogP contribution is 2.24. The summed E-state index contributed by atoms with van der Waals surface area (Å²) in [6.07, 6.45) is 0. The molecule has 1 aliphatic rings. The Morgan fingerprint density at radius 2 is 2.12 bits per heavy atom. The van der Waals surface area contributed by atoms with Gasteiger partial charge in [0.25, 0.3) is 0 Å². The highest BCUT2D eigenvalue weighted by Gasteiger charge is 2.27. The largest absolute Gasteiger partial charge is 0.375 e. The fraction of sp³-hybridized carbons (Fsp3) is 0.692. The van der Waals surface area contributed by atoms with Crippen molar-refractivity contribution in [3.8, 4) is 0 Å². The van der Waals surface area contributed by atoms with Crippen LogP contribution in [0.5, 0.6) is 0 Å². The van der Waals surface area contributed by atoms with Crippen molar-refractivity contribution in [2.24, 2.45) is 0 Å². The Kier molecular flexibility index (Phi) is 4.07. The summed E-state index contributed by atoms with van der Waals surface area (Å²) in [5, 5.41) is 10.5. The van der Waals surface area contributed by atoms with Crippen LogP contribution in [-0.2, 0) is 0 Å². The summed E-state index contributed by atoms with van der Waals surface area (Å²) in [6.45, 7) is 12.4. The first kappa shape index (κ1) is 12.9. The Hall–Kier alpha value is -0.580. The Labute approximate surface area is 108 Å². The van der Waals surface area contributed by atoms with Crippen molar-refractivity contribution in [2.75, 3.05) is 38.0 Å². The molecule has 1 saturated heterocycles. The third-order valence-corrected chi connectivity index (χ3v) is 4.49. The molecule has 2 N–H and O–H groups in total. The molecule has 17 heavy (non-hydrogen) atoms. The lowest BCUT2D eigenvalue weighted by atomic mass is 10.0. The highest BCUT2D eigenvalue weighted by atomic mass is 32.1. The maximum atomic E-state index is 3.59. The summed E-state index contributed by atoms with van der Waals surface area (Å²) < 4.78 is 0. The predicted molar refractivity (Wildman–Crippen MR) is 76.1 cm³/mol. The molecule has 1 fully saturated rings. The van der Waals surface area contributed by atoms with Gasteiger partial charge in [-0.15, -0.1) is 11.3 Å². The summed E-state index contributed by atoms with van der Waals surface area (Å²) in [5.74, 6) is 0. The molecule has 4 heteroatoms. The molecule has 0 bridgehead atoms. The van der Waals surface area contributed by atoms with Gasteiger partial charge in [-0.2, -0.15) is 0 Å². The molecule has 0 aromatic carbocycles. The third-order valence-electron chi connectivity index (χ3n) is 3.52. The Bertz CT molecular complexity index is 353. The molecule has 2 rings (SSSR count). The van der Waals surface area contributed by atoms with E-state index in [1.54, 1.807) is 11.3 Å². The zero-order valence-corrected chi connectivity index (χ0v) is 11.9. The van der Waals surface area contributed by atoms with Crippen LogP contribution >= 0.6 is 11.3 Å². The van der Waals surface area contributed by atoms with Crippen LogP contribution in [0.15, 0.2) is 11.4 Å². The topological polar surface area (TPSA) is 27.3 Å². The van der Waals surface area contributed by atoms with E-state index in [0.29, 0.717) is 0 Å². The first-order valence-corrected chi connectivity index (χ1v) is 7.21. The molecule has 0 unspecified atom stereocenters. The quantitative estimate of drug-likeness (QED) is 0.861. The van der Waals surface area contributed by atoms with Crippen LogP contribution < -0.4 is 10.6 Å². The second-order valence-electron chi connectivity index (χ2n) is 5.34. The number of aryl methyl sites for hydroxylation is 1. The number of hydrogen-bond donors (Lipinski definition) is 2. The van der Waals surface area contributed by atoms with Crippen molar-refractivity contribution >= 4 is 16.3 Å². The van der Waals surface area contributed by atoms with E-state index in [4.69, 9.17) is 0 Å². The number of piperazine rings is 1.